The summed E-state index contributed by atoms with van der Waals surface area (Å²) in [6, 6.07) is 8.53. The quantitative estimate of drug-likeness (QED) is 0.830. The molecule has 1 rings (SSSR count). The minimum absolute atomic E-state index is 0.367. The molecule has 16 heavy (non-hydrogen) atoms. The molecule has 0 saturated carbocycles. The van der Waals surface area contributed by atoms with Gasteiger partial charge in [0.2, 0.25) is 5.91 Å². The van der Waals surface area contributed by atoms with Crippen molar-refractivity contribution >= 4 is 11.6 Å². The molecule has 1 aromatic carbocycles. The third-order valence-corrected chi connectivity index (χ3v) is 1.67. The SMILES string of the molecule is O=C(CNCC(F)(F)F)Nc1ccccc1. The second-order valence-corrected chi connectivity index (χ2v) is 3.13. The van der Waals surface area contributed by atoms with E-state index in [-0.39, 0.29) is 6.54 Å². The molecule has 0 radical (unpaired) electrons. The molecule has 0 aliphatic rings. The number of nitrogens with one attached hydrogen (secondary N) is 2. The van der Waals surface area contributed by atoms with Crippen molar-refractivity contribution in [3.63, 3.8) is 0 Å². The first kappa shape index (κ1) is 12.5. The number of amides is 1. The Morgan fingerprint density at radius 3 is 2.38 bits per heavy atom. The Labute approximate surface area is 90.6 Å². The molecule has 0 unspecified atom stereocenters. The molecule has 0 fully saturated rings. The number of alkyl halides is 3. The lowest BCUT2D eigenvalue weighted by molar-refractivity contribution is -0.126. The first-order valence-electron chi connectivity index (χ1n) is 4.60. The highest BCUT2D eigenvalue weighted by molar-refractivity contribution is 5.92. The van der Waals surface area contributed by atoms with Crippen molar-refractivity contribution in [3.8, 4) is 0 Å². The molecule has 0 aliphatic carbocycles. The molecule has 3 nitrogen and oxygen atoms in total. The van der Waals surface area contributed by atoms with Crippen LogP contribution in [-0.2, 0) is 4.79 Å². The lowest BCUT2D eigenvalue weighted by Gasteiger charge is -2.08. The van der Waals surface area contributed by atoms with Crippen LogP contribution in [0.15, 0.2) is 30.3 Å². The number of benzene rings is 1. The van der Waals surface area contributed by atoms with E-state index in [2.05, 4.69) is 5.32 Å². The lowest BCUT2D eigenvalue weighted by atomic mass is 10.3. The Bertz CT molecular complexity index is 338. The van der Waals surface area contributed by atoms with Crippen molar-refractivity contribution in [2.75, 3.05) is 18.4 Å². The number of carbonyl (C=O) groups is 1. The van der Waals surface area contributed by atoms with Crippen LogP contribution in [-0.4, -0.2) is 25.2 Å². The van der Waals surface area contributed by atoms with Crippen molar-refractivity contribution in [3.05, 3.63) is 30.3 Å². The van der Waals surface area contributed by atoms with E-state index in [9.17, 15) is 18.0 Å². The van der Waals surface area contributed by atoms with Crippen LogP contribution in [0.25, 0.3) is 0 Å². The van der Waals surface area contributed by atoms with Gasteiger partial charge in [0.15, 0.2) is 0 Å². The predicted molar refractivity (Wildman–Crippen MR) is 54.0 cm³/mol. The van der Waals surface area contributed by atoms with Gasteiger partial charge < -0.3 is 10.6 Å². The van der Waals surface area contributed by atoms with Gasteiger partial charge in [-0.15, -0.1) is 0 Å². The number of hydrogen-bond acceptors (Lipinski definition) is 2. The van der Waals surface area contributed by atoms with Gasteiger partial charge in [0.1, 0.15) is 0 Å². The molecule has 88 valence electrons. The summed E-state index contributed by atoms with van der Waals surface area (Å²) in [7, 11) is 0. The second-order valence-electron chi connectivity index (χ2n) is 3.13. The summed E-state index contributed by atoms with van der Waals surface area (Å²) in [5.74, 6) is -0.504. The van der Waals surface area contributed by atoms with Crippen LogP contribution in [0.3, 0.4) is 0 Å². The summed E-state index contributed by atoms with van der Waals surface area (Å²) in [6.45, 7) is -1.54. The van der Waals surface area contributed by atoms with Crippen LogP contribution in [0.5, 0.6) is 0 Å². The van der Waals surface area contributed by atoms with Crippen LogP contribution < -0.4 is 10.6 Å². The zero-order valence-electron chi connectivity index (χ0n) is 8.34. The van der Waals surface area contributed by atoms with Crippen molar-refractivity contribution in [2.45, 2.75) is 6.18 Å². The Morgan fingerprint density at radius 2 is 1.81 bits per heavy atom. The number of hydrogen-bond donors (Lipinski definition) is 2. The molecule has 0 spiro atoms. The molecule has 1 amide bonds. The predicted octanol–water partition coefficient (Wildman–Crippen LogP) is 1.78. The zero-order chi connectivity index (χ0) is 12.0. The fourth-order valence-electron chi connectivity index (χ4n) is 1.04. The van der Waals surface area contributed by atoms with E-state index in [0.717, 1.165) is 0 Å². The third-order valence-electron chi connectivity index (χ3n) is 1.67. The summed E-state index contributed by atoms with van der Waals surface area (Å²) >= 11 is 0. The van der Waals surface area contributed by atoms with E-state index in [1.807, 2.05) is 5.32 Å². The van der Waals surface area contributed by atoms with Gasteiger partial charge in [0, 0.05) is 5.69 Å². The van der Waals surface area contributed by atoms with Crippen LogP contribution in [0.4, 0.5) is 18.9 Å². The molecule has 0 aromatic heterocycles. The average Bonchev–Trinajstić information content (AvgIpc) is 2.17. The molecule has 6 heteroatoms. The number of para-hydroxylation sites is 1. The molecule has 0 saturated heterocycles. The molecule has 0 bridgehead atoms. The fraction of sp³-hybridized carbons (Fsp3) is 0.300. The van der Waals surface area contributed by atoms with Gasteiger partial charge in [-0.3, -0.25) is 4.79 Å². The maximum atomic E-state index is 11.7. The minimum Gasteiger partial charge on any atom is -0.325 e. The lowest BCUT2D eigenvalue weighted by Crippen LogP contribution is -2.35. The highest BCUT2D eigenvalue weighted by atomic mass is 19.4. The monoisotopic (exact) mass is 232 g/mol. The topological polar surface area (TPSA) is 41.1 Å². The van der Waals surface area contributed by atoms with E-state index in [1.165, 1.54) is 0 Å². The Morgan fingerprint density at radius 1 is 1.19 bits per heavy atom. The maximum absolute atomic E-state index is 11.7. The summed E-state index contributed by atoms with van der Waals surface area (Å²) in [6.07, 6.45) is -4.30. The normalized spacial score (nSPS) is 11.2. The van der Waals surface area contributed by atoms with Gasteiger partial charge in [-0.2, -0.15) is 13.2 Å². The average molecular weight is 232 g/mol. The zero-order valence-corrected chi connectivity index (χ0v) is 8.34. The van der Waals surface area contributed by atoms with Crippen molar-refractivity contribution < 1.29 is 18.0 Å². The van der Waals surface area contributed by atoms with E-state index < -0.39 is 18.6 Å². The second kappa shape index (κ2) is 5.50. The molecule has 0 atom stereocenters. The number of rotatable bonds is 4. The largest absolute Gasteiger partial charge is 0.401 e. The Balaban J connectivity index is 2.27. The molecular weight excluding hydrogens is 221 g/mol. The van der Waals surface area contributed by atoms with Gasteiger partial charge in [-0.1, -0.05) is 18.2 Å². The van der Waals surface area contributed by atoms with Crippen LogP contribution in [0.2, 0.25) is 0 Å². The summed E-state index contributed by atoms with van der Waals surface area (Å²) in [5, 5.41) is 4.47. The van der Waals surface area contributed by atoms with E-state index >= 15 is 0 Å². The third kappa shape index (κ3) is 5.35. The molecular formula is C10H11F3N2O. The minimum atomic E-state index is -4.30. The number of carbonyl (C=O) groups excluding carboxylic acids is 1. The first-order valence-corrected chi connectivity index (χ1v) is 4.60. The van der Waals surface area contributed by atoms with E-state index in [1.54, 1.807) is 30.3 Å². The van der Waals surface area contributed by atoms with Crippen LogP contribution in [0, 0.1) is 0 Å². The Kier molecular flexibility index (Phi) is 4.30. The Hall–Kier alpha value is -1.56. The molecule has 0 heterocycles. The molecule has 2 N–H and O–H groups in total. The van der Waals surface area contributed by atoms with Gasteiger partial charge in [-0.25, -0.2) is 0 Å². The summed E-state index contributed by atoms with van der Waals surface area (Å²) < 4.78 is 35.2. The van der Waals surface area contributed by atoms with Gasteiger partial charge >= 0.3 is 6.18 Å². The van der Waals surface area contributed by atoms with E-state index in [4.69, 9.17) is 0 Å². The summed E-state index contributed by atoms with van der Waals surface area (Å²) in [5.41, 5.74) is 0.557. The number of anilines is 1. The molecule has 0 aliphatic heterocycles. The highest BCUT2D eigenvalue weighted by Crippen LogP contribution is 2.11. The van der Waals surface area contributed by atoms with Gasteiger partial charge in [0.05, 0.1) is 13.1 Å². The molecule has 1 aromatic rings. The van der Waals surface area contributed by atoms with Gasteiger partial charge in [0.25, 0.3) is 0 Å². The van der Waals surface area contributed by atoms with E-state index in [0.29, 0.717) is 5.69 Å². The standard InChI is InChI=1S/C10H11F3N2O/c11-10(12,13)7-14-6-9(16)15-8-4-2-1-3-5-8/h1-5,14H,6-7H2,(H,15,16). The smallest absolute Gasteiger partial charge is 0.325 e. The fourth-order valence-corrected chi connectivity index (χ4v) is 1.04. The first-order chi connectivity index (χ1) is 7.47. The summed E-state index contributed by atoms with van der Waals surface area (Å²) in [4.78, 5) is 11.2. The van der Waals surface area contributed by atoms with Crippen molar-refractivity contribution in [2.24, 2.45) is 0 Å². The van der Waals surface area contributed by atoms with Gasteiger partial charge in [-0.05, 0) is 12.1 Å². The van der Waals surface area contributed by atoms with Crippen molar-refractivity contribution in [1.29, 1.82) is 0 Å². The van der Waals surface area contributed by atoms with Crippen LogP contribution >= 0.6 is 0 Å². The van der Waals surface area contributed by atoms with Crippen LogP contribution in [0.1, 0.15) is 0 Å². The number of halogens is 3. The highest BCUT2D eigenvalue weighted by Gasteiger charge is 2.26. The van der Waals surface area contributed by atoms with Crippen molar-refractivity contribution in [1.82, 2.24) is 5.32 Å². The maximum Gasteiger partial charge on any atom is 0.401 e.